The minimum Gasteiger partial charge on any atom is -0.340 e. The first-order valence-electron chi connectivity index (χ1n) is 9.00. The Morgan fingerprint density at radius 1 is 0.893 bits per heavy atom. The van der Waals surface area contributed by atoms with Gasteiger partial charge in [0, 0.05) is 5.56 Å². The number of amides is 3. The molecular weight excluding hydrogens is 361 g/mol. The molecule has 2 aromatic rings. The van der Waals surface area contributed by atoms with Crippen molar-refractivity contribution < 1.29 is 18.8 Å². The lowest BCUT2D eigenvalue weighted by molar-refractivity contribution is -0.124. The Morgan fingerprint density at radius 3 is 2.11 bits per heavy atom. The van der Waals surface area contributed by atoms with E-state index in [9.17, 15) is 18.8 Å². The Bertz CT molecular complexity index is 867. The van der Waals surface area contributed by atoms with Crippen LogP contribution in [0.15, 0.2) is 48.5 Å². The van der Waals surface area contributed by atoms with Gasteiger partial charge in [0.05, 0.1) is 5.56 Å². The number of aryl methyl sites for hydroxylation is 1. The van der Waals surface area contributed by atoms with Crippen molar-refractivity contribution in [1.82, 2.24) is 16.2 Å². The van der Waals surface area contributed by atoms with Crippen molar-refractivity contribution in [3.05, 3.63) is 71.0 Å². The third-order valence-corrected chi connectivity index (χ3v) is 4.14. The minimum atomic E-state index is -0.854. The van der Waals surface area contributed by atoms with E-state index in [4.69, 9.17) is 0 Å². The zero-order valence-corrected chi connectivity index (χ0v) is 16.1. The van der Waals surface area contributed by atoms with Gasteiger partial charge in [0.1, 0.15) is 11.9 Å². The van der Waals surface area contributed by atoms with Crippen LogP contribution < -0.4 is 16.2 Å². The molecule has 0 radical (unpaired) electrons. The smallest absolute Gasteiger partial charge is 0.272 e. The number of nitrogens with one attached hydrogen (secondary N) is 3. The van der Waals surface area contributed by atoms with Crippen molar-refractivity contribution in [2.24, 2.45) is 5.92 Å². The highest BCUT2D eigenvalue weighted by molar-refractivity contribution is 5.99. The zero-order valence-electron chi connectivity index (χ0n) is 16.1. The van der Waals surface area contributed by atoms with Crippen molar-refractivity contribution in [1.29, 1.82) is 0 Å². The van der Waals surface area contributed by atoms with Crippen LogP contribution in [0.2, 0.25) is 0 Å². The van der Waals surface area contributed by atoms with Gasteiger partial charge in [-0.3, -0.25) is 25.2 Å². The average molecular weight is 385 g/mol. The summed E-state index contributed by atoms with van der Waals surface area (Å²) in [5, 5.41) is 2.70. The van der Waals surface area contributed by atoms with E-state index in [1.807, 2.05) is 19.9 Å². The van der Waals surface area contributed by atoms with E-state index >= 15 is 0 Å². The molecule has 0 fully saturated rings. The highest BCUT2D eigenvalue weighted by Crippen LogP contribution is 2.10. The molecule has 3 N–H and O–H groups in total. The summed E-state index contributed by atoms with van der Waals surface area (Å²) >= 11 is 0. The summed E-state index contributed by atoms with van der Waals surface area (Å²) in [6.07, 6.45) is 0.374. The Kier molecular flexibility index (Phi) is 7.26. The van der Waals surface area contributed by atoms with Gasteiger partial charge in [-0.25, -0.2) is 4.39 Å². The molecule has 2 aromatic carbocycles. The van der Waals surface area contributed by atoms with Gasteiger partial charge in [-0.05, 0) is 43.0 Å². The summed E-state index contributed by atoms with van der Waals surface area (Å²) in [5.41, 5.74) is 5.53. The molecule has 1 atom stereocenters. The van der Waals surface area contributed by atoms with Crippen molar-refractivity contribution >= 4 is 17.7 Å². The molecule has 0 saturated carbocycles. The number of hydrazine groups is 1. The van der Waals surface area contributed by atoms with Crippen LogP contribution in [0.25, 0.3) is 0 Å². The molecule has 148 valence electrons. The molecule has 0 saturated heterocycles. The molecule has 3 amide bonds. The van der Waals surface area contributed by atoms with Crippen LogP contribution in [0, 0.1) is 18.7 Å². The molecule has 0 aliphatic carbocycles. The summed E-state index contributed by atoms with van der Waals surface area (Å²) in [6.45, 7) is 5.64. The third kappa shape index (κ3) is 5.64. The van der Waals surface area contributed by atoms with Gasteiger partial charge in [0.15, 0.2) is 0 Å². The number of hydrogen-bond donors (Lipinski definition) is 3. The second kappa shape index (κ2) is 9.64. The molecule has 28 heavy (non-hydrogen) atoms. The first-order chi connectivity index (χ1) is 13.3. The van der Waals surface area contributed by atoms with Crippen LogP contribution in [0.3, 0.4) is 0 Å². The fourth-order valence-corrected chi connectivity index (χ4v) is 2.68. The number of rotatable bonds is 6. The SMILES string of the molecule is Cc1ccccc1C(=O)N[C@H](CC(C)C)C(=O)NNC(=O)c1ccccc1F. The maximum Gasteiger partial charge on any atom is 0.272 e. The van der Waals surface area contributed by atoms with Gasteiger partial charge in [-0.15, -0.1) is 0 Å². The lowest BCUT2D eigenvalue weighted by Crippen LogP contribution is -2.52. The molecule has 0 aliphatic heterocycles. The van der Waals surface area contributed by atoms with E-state index in [0.717, 1.165) is 11.6 Å². The normalized spacial score (nSPS) is 11.6. The first kappa shape index (κ1) is 21.1. The molecule has 6 nitrogen and oxygen atoms in total. The lowest BCUT2D eigenvalue weighted by Gasteiger charge is -2.21. The van der Waals surface area contributed by atoms with Gasteiger partial charge < -0.3 is 5.32 Å². The van der Waals surface area contributed by atoms with E-state index in [1.165, 1.54) is 18.2 Å². The predicted molar refractivity (Wildman–Crippen MR) is 104 cm³/mol. The molecular formula is C21H24FN3O3. The molecule has 7 heteroatoms. The Balaban J connectivity index is 2.04. The van der Waals surface area contributed by atoms with Gasteiger partial charge in [0.25, 0.3) is 17.7 Å². The van der Waals surface area contributed by atoms with Crippen LogP contribution in [0.1, 0.15) is 46.5 Å². The molecule has 0 aromatic heterocycles. The van der Waals surface area contributed by atoms with Crippen molar-refractivity contribution in [3.8, 4) is 0 Å². The highest BCUT2D eigenvalue weighted by Gasteiger charge is 2.24. The monoisotopic (exact) mass is 385 g/mol. The maximum atomic E-state index is 13.7. The van der Waals surface area contributed by atoms with E-state index in [1.54, 1.807) is 25.1 Å². The number of hydrogen-bond acceptors (Lipinski definition) is 3. The maximum absolute atomic E-state index is 13.7. The Labute approximate surface area is 163 Å². The third-order valence-electron chi connectivity index (χ3n) is 4.14. The summed E-state index contributed by atoms with van der Waals surface area (Å²) in [7, 11) is 0. The summed E-state index contributed by atoms with van der Waals surface area (Å²) in [6, 6.07) is 11.6. The minimum absolute atomic E-state index is 0.121. The summed E-state index contributed by atoms with van der Waals surface area (Å²) in [5.74, 6) is -2.31. The molecule has 0 spiro atoms. The molecule has 0 bridgehead atoms. The fourth-order valence-electron chi connectivity index (χ4n) is 2.68. The van der Waals surface area contributed by atoms with E-state index in [-0.39, 0.29) is 17.4 Å². The predicted octanol–water partition coefficient (Wildman–Crippen LogP) is 2.74. The Morgan fingerprint density at radius 2 is 1.50 bits per heavy atom. The second-order valence-corrected chi connectivity index (χ2v) is 6.89. The topological polar surface area (TPSA) is 87.3 Å². The lowest BCUT2D eigenvalue weighted by atomic mass is 10.0. The highest BCUT2D eigenvalue weighted by atomic mass is 19.1. The van der Waals surface area contributed by atoms with Crippen molar-refractivity contribution in [3.63, 3.8) is 0 Å². The van der Waals surface area contributed by atoms with Crippen LogP contribution in [0.4, 0.5) is 4.39 Å². The van der Waals surface area contributed by atoms with Gasteiger partial charge in [0.2, 0.25) is 0 Å². The number of carbonyl (C=O) groups excluding carboxylic acids is 3. The van der Waals surface area contributed by atoms with Gasteiger partial charge in [-0.2, -0.15) is 0 Å². The van der Waals surface area contributed by atoms with E-state index < -0.39 is 23.7 Å². The molecule has 0 unspecified atom stereocenters. The Hall–Kier alpha value is -3.22. The first-order valence-corrected chi connectivity index (χ1v) is 9.00. The van der Waals surface area contributed by atoms with Crippen molar-refractivity contribution in [2.75, 3.05) is 0 Å². The zero-order chi connectivity index (χ0) is 20.7. The second-order valence-electron chi connectivity index (χ2n) is 6.89. The standard InChI is InChI=1S/C21H24FN3O3/c1-13(2)12-18(23-19(26)15-9-5-4-8-14(15)3)21(28)25-24-20(27)16-10-6-7-11-17(16)22/h4-11,13,18H,12H2,1-3H3,(H,23,26)(H,24,27)(H,25,28)/t18-/m1/s1. The molecule has 0 heterocycles. The largest absolute Gasteiger partial charge is 0.340 e. The van der Waals surface area contributed by atoms with Crippen LogP contribution >= 0.6 is 0 Å². The average Bonchev–Trinajstić information content (AvgIpc) is 2.65. The van der Waals surface area contributed by atoms with Crippen LogP contribution in [-0.4, -0.2) is 23.8 Å². The number of halogens is 1. The fraction of sp³-hybridized carbons (Fsp3) is 0.286. The molecule has 2 rings (SSSR count). The summed E-state index contributed by atoms with van der Waals surface area (Å²) < 4.78 is 13.7. The van der Waals surface area contributed by atoms with Crippen LogP contribution in [0.5, 0.6) is 0 Å². The van der Waals surface area contributed by atoms with Crippen LogP contribution in [-0.2, 0) is 4.79 Å². The van der Waals surface area contributed by atoms with E-state index in [0.29, 0.717) is 12.0 Å². The number of carbonyl (C=O) groups is 3. The molecule has 0 aliphatic rings. The number of benzene rings is 2. The van der Waals surface area contributed by atoms with Crippen molar-refractivity contribution in [2.45, 2.75) is 33.2 Å². The quantitative estimate of drug-likeness (QED) is 0.668. The van der Waals surface area contributed by atoms with Gasteiger partial charge in [-0.1, -0.05) is 44.2 Å². The van der Waals surface area contributed by atoms with E-state index in [2.05, 4.69) is 16.2 Å². The summed E-state index contributed by atoms with van der Waals surface area (Å²) in [4.78, 5) is 37.1. The van der Waals surface area contributed by atoms with Gasteiger partial charge >= 0.3 is 0 Å².